The molecule has 4 unspecified atom stereocenters. The van der Waals surface area contributed by atoms with E-state index in [1.807, 2.05) is 6.92 Å². The lowest BCUT2D eigenvalue weighted by Crippen LogP contribution is -2.68. The van der Waals surface area contributed by atoms with Crippen molar-refractivity contribution in [2.45, 2.75) is 25.8 Å². The van der Waals surface area contributed by atoms with Gasteiger partial charge in [-0.1, -0.05) is 17.7 Å². The first-order valence-electron chi connectivity index (χ1n) is 11.2. The molecule has 3 fully saturated rings. The van der Waals surface area contributed by atoms with Gasteiger partial charge in [0.2, 0.25) is 11.1 Å². The fourth-order valence-electron chi connectivity index (χ4n) is 6.27. The fraction of sp³-hybridized carbons (Fsp3) is 0.391. The number of aryl methyl sites for hydroxylation is 1. The molecule has 4 heterocycles. The molecule has 1 saturated heterocycles. The summed E-state index contributed by atoms with van der Waals surface area (Å²) in [6.45, 7) is 3.90. The predicted molar refractivity (Wildman–Crippen MR) is 126 cm³/mol. The zero-order valence-corrected chi connectivity index (χ0v) is 19.7. The van der Waals surface area contributed by atoms with Gasteiger partial charge in [-0.15, -0.1) is 5.10 Å². The molecule has 34 heavy (non-hydrogen) atoms. The van der Waals surface area contributed by atoms with Gasteiger partial charge >= 0.3 is 0 Å². The molecule has 11 heteroatoms. The first-order chi connectivity index (χ1) is 16.4. The van der Waals surface area contributed by atoms with Crippen molar-refractivity contribution in [1.82, 2.24) is 24.0 Å². The molecule has 1 N–H and O–H groups in total. The second kappa shape index (κ2) is 7.08. The molecule has 2 saturated carbocycles. The monoisotopic (exact) mass is 499 g/mol. The lowest BCUT2D eigenvalue weighted by molar-refractivity contribution is -0.117. The quantitative estimate of drug-likeness (QED) is 0.434. The predicted octanol–water partition coefficient (Wildman–Crippen LogP) is 4.81. The van der Waals surface area contributed by atoms with Gasteiger partial charge in [-0.25, -0.2) is 18.3 Å². The second-order valence-corrected chi connectivity index (χ2v) is 10.7. The number of anilines is 2. The number of pyridine rings is 1. The first-order valence-corrected chi connectivity index (χ1v) is 12.4. The minimum atomic E-state index is -0.916. The summed E-state index contributed by atoms with van der Waals surface area (Å²) in [5, 5.41) is 9.62. The van der Waals surface area contributed by atoms with Gasteiger partial charge in [0.25, 0.3) is 0 Å². The van der Waals surface area contributed by atoms with Crippen LogP contribution in [-0.2, 0) is 0 Å². The molecular formula is C23H20ClF2N7S. The Kier molecular flexibility index (Phi) is 4.27. The highest BCUT2D eigenvalue weighted by Crippen LogP contribution is 2.68. The van der Waals surface area contributed by atoms with E-state index in [0.717, 1.165) is 36.2 Å². The lowest BCUT2D eigenvalue weighted by Gasteiger charge is -2.65. The number of fused-ring (bicyclic) bond motifs is 1. The number of nitrogens with zero attached hydrogens (tertiary/aromatic N) is 6. The molecule has 0 bridgehead atoms. The van der Waals surface area contributed by atoms with Crippen molar-refractivity contribution < 1.29 is 8.78 Å². The van der Waals surface area contributed by atoms with Crippen molar-refractivity contribution >= 4 is 39.9 Å². The number of nitrogens with one attached hydrogen (secondary N) is 1. The average Bonchev–Trinajstić information content (AvgIpc) is 3.50. The molecule has 1 spiro atoms. The van der Waals surface area contributed by atoms with E-state index in [1.165, 1.54) is 30.4 Å². The highest BCUT2D eigenvalue weighted by Gasteiger charge is 2.70. The van der Waals surface area contributed by atoms with E-state index in [0.29, 0.717) is 45.0 Å². The van der Waals surface area contributed by atoms with Crippen LogP contribution in [0.2, 0.25) is 5.02 Å². The maximum Gasteiger partial charge on any atom is 0.243 e. The van der Waals surface area contributed by atoms with Gasteiger partial charge in [0, 0.05) is 48.3 Å². The van der Waals surface area contributed by atoms with Crippen LogP contribution in [0.1, 0.15) is 18.7 Å². The number of hydrogen-bond donors (Lipinski definition) is 1. The lowest BCUT2D eigenvalue weighted by atomic mass is 9.41. The van der Waals surface area contributed by atoms with Crippen LogP contribution in [-0.4, -0.2) is 43.1 Å². The van der Waals surface area contributed by atoms with Crippen molar-refractivity contribution in [2.75, 3.05) is 23.3 Å². The fourth-order valence-corrected chi connectivity index (χ4v) is 7.15. The Morgan fingerprint density at radius 1 is 1.18 bits per heavy atom. The molecule has 4 aromatic rings. The van der Waals surface area contributed by atoms with Crippen LogP contribution in [0.3, 0.4) is 0 Å². The zero-order valence-electron chi connectivity index (χ0n) is 18.2. The minimum absolute atomic E-state index is 0.285. The smallest absolute Gasteiger partial charge is 0.243 e. The van der Waals surface area contributed by atoms with Crippen LogP contribution >= 0.6 is 23.1 Å². The third-order valence-corrected chi connectivity index (χ3v) is 8.96. The van der Waals surface area contributed by atoms with Gasteiger partial charge < -0.3 is 10.2 Å². The third kappa shape index (κ3) is 2.84. The molecule has 1 aliphatic heterocycles. The summed E-state index contributed by atoms with van der Waals surface area (Å²) in [4.78, 5) is 11.7. The normalized spacial score (nSPS) is 27.3. The van der Waals surface area contributed by atoms with E-state index in [-0.39, 0.29) is 6.04 Å². The van der Waals surface area contributed by atoms with Crippen molar-refractivity contribution in [3.63, 3.8) is 0 Å². The Balaban J connectivity index is 1.19. The topological polar surface area (TPSA) is 71.2 Å². The van der Waals surface area contributed by atoms with Crippen LogP contribution in [0.4, 0.5) is 19.9 Å². The van der Waals surface area contributed by atoms with E-state index in [2.05, 4.69) is 24.7 Å². The molecular weight excluding hydrogens is 480 g/mol. The number of halogens is 3. The highest BCUT2D eigenvalue weighted by molar-refractivity contribution is 7.09. The molecule has 1 aromatic carbocycles. The SMILES string of the molecule is Cc1nsc(N2CC3C(Nc4nc5c(-c6ccc(F)c(F)c6)cc(Cl)cn5n4)C4CCC43C2)n1. The van der Waals surface area contributed by atoms with E-state index in [4.69, 9.17) is 16.6 Å². The van der Waals surface area contributed by atoms with E-state index in [1.54, 1.807) is 16.8 Å². The van der Waals surface area contributed by atoms with Crippen molar-refractivity contribution in [1.29, 1.82) is 0 Å². The Morgan fingerprint density at radius 2 is 2.06 bits per heavy atom. The Hall–Kier alpha value is -2.85. The summed E-state index contributed by atoms with van der Waals surface area (Å²) in [6.07, 6.45) is 4.10. The molecule has 2 aliphatic carbocycles. The minimum Gasteiger partial charge on any atom is -0.350 e. The van der Waals surface area contributed by atoms with Gasteiger partial charge in [0.15, 0.2) is 17.3 Å². The summed E-state index contributed by atoms with van der Waals surface area (Å²) in [5.74, 6) is 0.603. The highest BCUT2D eigenvalue weighted by atomic mass is 35.5. The molecule has 174 valence electrons. The molecule has 3 aliphatic rings. The molecule has 7 nitrogen and oxygen atoms in total. The number of hydrogen-bond acceptors (Lipinski definition) is 7. The molecule has 0 amide bonds. The summed E-state index contributed by atoms with van der Waals surface area (Å²) < 4.78 is 33.3. The average molecular weight is 500 g/mol. The van der Waals surface area contributed by atoms with Crippen molar-refractivity contribution in [2.24, 2.45) is 17.3 Å². The first kappa shape index (κ1) is 20.5. The van der Waals surface area contributed by atoms with Crippen LogP contribution in [0, 0.1) is 35.8 Å². The Labute approximate surface area is 203 Å². The maximum absolute atomic E-state index is 13.9. The van der Waals surface area contributed by atoms with E-state index >= 15 is 0 Å². The Bertz CT molecular complexity index is 1450. The van der Waals surface area contributed by atoms with Gasteiger partial charge in [0.05, 0.1) is 5.02 Å². The number of rotatable bonds is 4. The standard InChI is InChI=1S/C23H20ClF2N7S/c1-11-27-22(34-31-11)32-9-16-19(15-4-5-23(15,16)10-32)28-21-29-20-14(7-13(24)8-33(20)30-21)12-2-3-17(25)18(26)6-12/h2-3,6-8,15-16,19H,4-5,9-10H2,1H3,(H,28,30). The zero-order chi connectivity index (χ0) is 23.2. The van der Waals surface area contributed by atoms with Gasteiger partial charge in [-0.2, -0.15) is 9.36 Å². The van der Waals surface area contributed by atoms with Gasteiger partial charge in [-0.05, 0) is 54.9 Å². The summed E-state index contributed by atoms with van der Waals surface area (Å²) >= 11 is 7.77. The summed E-state index contributed by atoms with van der Waals surface area (Å²) in [5.41, 5.74) is 1.97. The Morgan fingerprint density at radius 3 is 2.79 bits per heavy atom. The van der Waals surface area contributed by atoms with Gasteiger partial charge in [-0.3, -0.25) is 0 Å². The third-order valence-electron chi connectivity index (χ3n) is 7.88. The summed E-state index contributed by atoms with van der Waals surface area (Å²) in [6, 6.07) is 5.75. The number of aromatic nitrogens is 5. The molecule has 4 atom stereocenters. The van der Waals surface area contributed by atoms with Crippen molar-refractivity contribution in [3.05, 3.63) is 52.9 Å². The second-order valence-electron chi connectivity index (χ2n) is 9.56. The molecule has 3 aromatic heterocycles. The van der Waals surface area contributed by atoms with E-state index in [9.17, 15) is 8.78 Å². The maximum atomic E-state index is 13.9. The van der Waals surface area contributed by atoms with Crippen LogP contribution in [0.15, 0.2) is 30.5 Å². The van der Waals surface area contributed by atoms with Crippen LogP contribution in [0.5, 0.6) is 0 Å². The van der Waals surface area contributed by atoms with Crippen LogP contribution < -0.4 is 10.2 Å². The van der Waals surface area contributed by atoms with Gasteiger partial charge in [0.1, 0.15) is 5.82 Å². The van der Waals surface area contributed by atoms with Crippen LogP contribution in [0.25, 0.3) is 16.8 Å². The van der Waals surface area contributed by atoms with E-state index < -0.39 is 11.6 Å². The van der Waals surface area contributed by atoms with Crippen molar-refractivity contribution in [3.8, 4) is 11.1 Å². The molecule has 7 rings (SSSR count). The summed E-state index contributed by atoms with van der Waals surface area (Å²) in [7, 11) is 0. The number of benzene rings is 1. The largest absolute Gasteiger partial charge is 0.350 e. The molecule has 0 radical (unpaired) electrons.